The Morgan fingerprint density at radius 3 is 1.56 bits per heavy atom. The third-order valence-electron chi connectivity index (χ3n) is 6.68. The van der Waals surface area contributed by atoms with Crippen LogP contribution in [-0.2, 0) is 13.1 Å². The second-order valence-corrected chi connectivity index (χ2v) is 10.5. The first-order chi connectivity index (χ1) is 21.4. The number of nitrogens with zero attached hydrogens (tertiary/aromatic N) is 2. The van der Waals surface area contributed by atoms with Crippen LogP contribution >= 0.6 is 12.4 Å². The van der Waals surface area contributed by atoms with Crippen molar-refractivity contribution in [2.75, 3.05) is 26.3 Å². The van der Waals surface area contributed by atoms with Gasteiger partial charge in [0.1, 0.15) is 17.6 Å². The van der Waals surface area contributed by atoms with E-state index in [1.807, 2.05) is 43.3 Å². The third kappa shape index (κ3) is 14.1. The molecule has 0 aliphatic carbocycles. The first kappa shape index (κ1) is 37.2. The number of nitro groups is 1. The Balaban J connectivity index is 0.000000355. The molecule has 4 aromatic rings. The van der Waals surface area contributed by atoms with Gasteiger partial charge in [-0.25, -0.2) is 0 Å². The molecule has 0 amide bonds. The highest BCUT2D eigenvalue weighted by atomic mass is 35.5. The van der Waals surface area contributed by atoms with E-state index in [1.54, 1.807) is 24.3 Å². The van der Waals surface area contributed by atoms with Crippen molar-refractivity contribution in [1.29, 1.82) is 0 Å². The van der Waals surface area contributed by atoms with Gasteiger partial charge in [-0.05, 0) is 59.4 Å². The van der Waals surface area contributed by atoms with Crippen molar-refractivity contribution in [2.24, 2.45) is 0 Å². The molecule has 0 unspecified atom stereocenters. The highest BCUT2D eigenvalue weighted by molar-refractivity contribution is 5.85. The van der Waals surface area contributed by atoms with E-state index in [0.29, 0.717) is 31.1 Å². The van der Waals surface area contributed by atoms with Gasteiger partial charge in [-0.1, -0.05) is 98.8 Å². The van der Waals surface area contributed by atoms with Crippen molar-refractivity contribution < 1.29 is 24.6 Å². The second-order valence-electron chi connectivity index (χ2n) is 10.5. The van der Waals surface area contributed by atoms with Crippen molar-refractivity contribution in [2.45, 2.75) is 52.0 Å². The molecule has 0 fully saturated rings. The average molecular weight is 637 g/mol. The maximum atomic E-state index is 10.9. The fourth-order valence-electron chi connectivity index (χ4n) is 4.53. The summed E-state index contributed by atoms with van der Waals surface area (Å²) in [5.41, 5.74) is 3.88. The summed E-state index contributed by atoms with van der Waals surface area (Å²) in [5, 5.41) is 30.7. The smallest absolute Gasteiger partial charge is 0.233 e. The highest BCUT2D eigenvalue weighted by Gasteiger charge is 2.16. The molecule has 0 saturated carbocycles. The number of hydrogen-bond donors (Lipinski definition) is 2. The number of aliphatic hydroxyl groups is 2. The van der Waals surface area contributed by atoms with E-state index in [1.165, 1.54) is 11.1 Å². The van der Waals surface area contributed by atoms with Gasteiger partial charge < -0.3 is 19.7 Å². The average Bonchev–Trinajstić information content (AvgIpc) is 3.04. The first-order valence-electron chi connectivity index (χ1n) is 15.1. The van der Waals surface area contributed by atoms with Gasteiger partial charge in [-0.15, -0.1) is 12.4 Å². The summed E-state index contributed by atoms with van der Waals surface area (Å²) in [6, 6.07) is 35.3. The summed E-state index contributed by atoms with van der Waals surface area (Å²) in [5.74, 6) is 1.44. The molecule has 0 bridgehead atoms. The van der Waals surface area contributed by atoms with Crippen LogP contribution in [0.25, 0.3) is 0 Å². The molecule has 2 N–H and O–H groups in total. The number of hydrogen-bond acceptors (Lipinski definition) is 7. The minimum absolute atomic E-state index is 0. The summed E-state index contributed by atoms with van der Waals surface area (Å²) in [6.45, 7) is 7.01. The van der Waals surface area contributed by atoms with Gasteiger partial charge in [-0.3, -0.25) is 15.0 Å². The molecule has 0 saturated heterocycles. The molecule has 242 valence electrons. The van der Waals surface area contributed by atoms with Gasteiger partial charge in [0.05, 0.1) is 19.3 Å². The molecular weight excluding hydrogens is 592 g/mol. The summed E-state index contributed by atoms with van der Waals surface area (Å²) in [4.78, 5) is 12.0. The van der Waals surface area contributed by atoms with Crippen LogP contribution in [0.5, 0.6) is 11.5 Å². The van der Waals surface area contributed by atoms with Crippen LogP contribution in [0.2, 0.25) is 0 Å². The highest BCUT2D eigenvalue weighted by Crippen LogP contribution is 2.23. The van der Waals surface area contributed by atoms with Gasteiger partial charge in [-0.2, -0.15) is 0 Å². The van der Waals surface area contributed by atoms with E-state index in [0.717, 1.165) is 37.2 Å². The van der Waals surface area contributed by atoms with Crippen molar-refractivity contribution in [3.05, 3.63) is 142 Å². The summed E-state index contributed by atoms with van der Waals surface area (Å²) in [6.07, 6.45) is 0.203. The van der Waals surface area contributed by atoms with Gasteiger partial charge in [0, 0.05) is 24.6 Å². The number of ether oxygens (including phenoxy) is 2. The zero-order valence-electron chi connectivity index (χ0n) is 26.0. The zero-order valence-corrected chi connectivity index (χ0v) is 26.9. The molecule has 0 radical (unpaired) electrons. The molecular formula is C36H45ClN2O6. The van der Waals surface area contributed by atoms with Crippen LogP contribution in [0, 0.1) is 10.1 Å². The van der Waals surface area contributed by atoms with Crippen LogP contribution in [-0.4, -0.2) is 46.3 Å². The summed E-state index contributed by atoms with van der Waals surface area (Å²) < 4.78 is 11.1. The molecule has 0 aromatic heterocycles. The molecule has 2 atom stereocenters. The predicted octanol–water partition coefficient (Wildman–Crippen LogP) is 7.42. The van der Waals surface area contributed by atoms with E-state index in [9.17, 15) is 20.3 Å². The number of aliphatic hydroxyl groups excluding tert-OH is 2. The van der Waals surface area contributed by atoms with Crippen molar-refractivity contribution in [3.8, 4) is 11.5 Å². The Hall–Kier alpha value is -3.95. The fraction of sp³-hybridized carbons (Fsp3) is 0.333. The molecule has 45 heavy (non-hydrogen) atoms. The Bertz CT molecular complexity index is 1330. The Morgan fingerprint density at radius 1 is 0.689 bits per heavy atom. The maximum absolute atomic E-state index is 10.9. The van der Waals surface area contributed by atoms with Gasteiger partial charge in [0.2, 0.25) is 6.54 Å². The number of benzene rings is 4. The van der Waals surface area contributed by atoms with Crippen LogP contribution in [0.1, 0.15) is 61.2 Å². The van der Waals surface area contributed by atoms with E-state index in [2.05, 4.69) is 60.4 Å². The summed E-state index contributed by atoms with van der Waals surface area (Å²) >= 11 is 0. The van der Waals surface area contributed by atoms with Crippen LogP contribution in [0.4, 0.5) is 0 Å². The van der Waals surface area contributed by atoms with E-state index in [-0.39, 0.29) is 12.4 Å². The van der Waals surface area contributed by atoms with E-state index >= 15 is 0 Å². The van der Waals surface area contributed by atoms with Gasteiger partial charge >= 0.3 is 0 Å². The molecule has 9 heteroatoms. The second kappa shape index (κ2) is 20.9. The standard InChI is InChI=1S/C25H29NO2.C11H15NO4.ClH/c1-2-16-28-24-15-9-14-23(17-24)25(27)20-26(18-21-10-5-3-6-11-21)19-22-12-7-4-8-13-22;1-2-6-16-10-5-3-4-9(7-10)11(13)8-12(14)15;/h3-15,17,25,27H,2,16,18-20H2,1H3;3-5,7,11,13H,2,6,8H2,1H3;1H/t25-;11-;/m11./s1. The largest absolute Gasteiger partial charge is 0.494 e. The molecule has 0 aliphatic rings. The monoisotopic (exact) mass is 636 g/mol. The Kier molecular flexibility index (Phi) is 17.3. The third-order valence-corrected chi connectivity index (χ3v) is 6.68. The lowest BCUT2D eigenvalue weighted by Crippen LogP contribution is -2.28. The Morgan fingerprint density at radius 2 is 1.13 bits per heavy atom. The topological polar surface area (TPSA) is 105 Å². The molecule has 4 aromatic carbocycles. The van der Waals surface area contributed by atoms with Gasteiger partial charge in [0.15, 0.2) is 0 Å². The maximum Gasteiger partial charge on any atom is 0.233 e. The lowest BCUT2D eigenvalue weighted by Gasteiger charge is -2.26. The van der Waals surface area contributed by atoms with Crippen LogP contribution in [0.3, 0.4) is 0 Å². The molecule has 0 spiro atoms. The summed E-state index contributed by atoms with van der Waals surface area (Å²) in [7, 11) is 0. The van der Waals surface area contributed by atoms with Crippen molar-refractivity contribution in [1.82, 2.24) is 4.90 Å². The van der Waals surface area contributed by atoms with Crippen molar-refractivity contribution in [3.63, 3.8) is 0 Å². The predicted molar refractivity (Wildman–Crippen MR) is 180 cm³/mol. The SMILES string of the molecule is CCCOc1cccc([C@H](O)CN(Cc2ccccc2)Cc2ccccc2)c1.CCCOc1cccc([C@H](O)C[N+](=O)[O-])c1.Cl. The Labute approximate surface area is 272 Å². The first-order valence-corrected chi connectivity index (χ1v) is 15.1. The normalized spacial score (nSPS) is 11.8. The molecule has 0 heterocycles. The minimum Gasteiger partial charge on any atom is -0.494 e. The van der Waals surface area contributed by atoms with Crippen molar-refractivity contribution >= 4 is 12.4 Å². The lowest BCUT2D eigenvalue weighted by atomic mass is 10.1. The van der Waals surface area contributed by atoms with Gasteiger partial charge in [0.25, 0.3) is 0 Å². The minimum atomic E-state index is -1.08. The molecule has 0 aliphatic heterocycles. The number of halogens is 1. The lowest BCUT2D eigenvalue weighted by molar-refractivity contribution is -0.491. The molecule has 8 nitrogen and oxygen atoms in total. The van der Waals surface area contributed by atoms with Crippen LogP contribution < -0.4 is 9.47 Å². The fourth-order valence-corrected chi connectivity index (χ4v) is 4.53. The molecule has 4 rings (SSSR count). The van der Waals surface area contributed by atoms with Crippen LogP contribution in [0.15, 0.2) is 109 Å². The van der Waals surface area contributed by atoms with E-state index < -0.39 is 23.7 Å². The quantitative estimate of drug-likeness (QED) is 0.0974. The van der Waals surface area contributed by atoms with E-state index in [4.69, 9.17) is 9.47 Å². The zero-order chi connectivity index (χ0) is 31.6. The number of rotatable bonds is 16.